The molecule has 0 atom stereocenters. The van der Waals surface area contributed by atoms with E-state index >= 15 is 0 Å². The van der Waals surface area contributed by atoms with Gasteiger partial charge in [0.2, 0.25) is 0 Å². The predicted octanol–water partition coefficient (Wildman–Crippen LogP) is 13.3. The molecule has 0 unspecified atom stereocenters. The first-order chi connectivity index (χ1) is 25.8. The van der Waals surface area contributed by atoms with Crippen molar-refractivity contribution in [1.82, 2.24) is 9.13 Å². The van der Waals surface area contributed by atoms with Gasteiger partial charge >= 0.3 is 0 Å². The van der Waals surface area contributed by atoms with Crippen LogP contribution in [0.3, 0.4) is 0 Å². The van der Waals surface area contributed by atoms with Crippen molar-refractivity contribution in [3.63, 3.8) is 0 Å². The summed E-state index contributed by atoms with van der Waals surface area (Å²) in [5, 5.41) is 7.54. The first-order valence-corrected chi connectivity index (χ1v) is 18.2. The predicted molar refractivity (Wildman–Crippen MR) is 221 cm³/mol. The van der Waals surface area contributed by atoms with E-state index in [0.717, 1.165) is 18.5 Å². The summed E-state index contributed by atoms with van der Waals surface area (Å²) >= 11 is 0. The van der Waals surface area contributed by atoms with Crippen molar-refractivity contribution in [3.05, 3.63) is 187 Å². The van der Waals surface area contributed by atoms with Crippen LogP contribution in [-0.2, 0) is 6.42 Å². The van der Waals surface area contributed by atoms with Gasteiger partial charge < -0.3 is 9.13 Å². The van der Waals surface area contributed by atoms with Gasteiger partial charge in [-0.2, -0.15) is 0 Å². The second kappa shape index (κ2) is 11.4. The van der Waals surface area contributed by atoms with Crippen LogP contribution < -0.4 is 0 Å². The van der Waals surface area contributed by atoms with Gasteiger partial charge in [-0.1, -0.05) is 121 Å². The van der Waals surface area contributed by atoms with E-state index in [9.17, 15) is 0 Å². The molecule has 0 saturated heterocycles. The molecule has 52 heavy (non-hydrogen) atoms. The van der Waals surface area contributed by atoms with E-state index in [1.165, 1.54) is 93.5 Å². The maximum Gasteiger partial charge on any atom is 0.0562 e. The highest BCUT2D eigenvalue weighted by molar-refractivity contribution is 6.16. The molecule has 0 aliphatic heterocycles. The van der Waals surface area contributed by atoms with Gasteiger partial charge in [-0.15, -0.1) is 0 Å². The van der Waals surface area contributed by atoms with Crippen molar-refractivity contribution in [1.29, 1.82) is 0 Å². The van der Waals surface area contributed by atoms with E-state index in [4.69, 9.17) is 0 Å². The molecule has 1 aliphatic carbocycles. The Morgan fingerprint density at radius 3 is 1.79 bits per heavy atom. The van der Waals surface area contributed by atoms with Crippen LogP contribution in [0.4, 0.5) is 0 Å². The summed E-state index contributed by atoms with van der Waals surface area (Å²) in [5.74, 6) is 0. The highest BCUT2D eigenvalue weighted by Crippen LogP contribution is 2.41. The third-order valence-corrected chi connectivity index (χ3v) is 11.1. The van der Waals surface area contributed by atoms with Gasteiger partial charge in [0.05, 0.1) is 27.8 Å². The van der Waals surface area contributed by atoms with Gasteiger partial charge in [-0.3, -0.25) is 0 Å². The molecule has 0 saturated carbocycles. The molecule has 0 bridgehead atoms. The molecule has 8 aromatic carbocycles. The van der Waals surface area contributed by atoms with Crippen LogP contribution >= 0.6 is 0 Å². The molecule has 2 heterocycles. The lowest BCUT2D eigenvalue weighted by atomic mass is 9.91. The van der Waals surface area contributed by atoms with Crippen LogP contribution in [0.2, 0.25) is 0 Å². The van der Waals surface area contributed by atoms with Crippen LogP contribution in [0.25, 0.3) is 94.1 Å². The third kappa shape index (κ3) is 4.44. The molecule has 2 nitrogen and oxygen atoms in total. The maximum atomic E-state index is 2.48. The summed E-state index contributed by atoms with van der Waals surface area (Å²) in [6, 6.07) is 62.9. The molecular formula is C50H34N2. The average molecular weight is 663 g/mol. The van der Waals surface area contributed by atoms with E-state index in [1.54, 1.807) is 0 Å². The first-order valence-electron chi connectivity index (χ1n) is 18.2. The van der Waals surface area contributed by atoms with Gasteiger partial charge in [0, 0.05) is 27.2 Å². The Labute approximate surface area is 302 Å². The Balaban J connectivity index is 1.21. The zero-order valence-electron chi connectivity index (χ0n) is 28.6. The Morgan fingerprint density at radius 1 is 0.404 bits per heavy atom. The average Bonchev–Trinajstić information content (AvgIpc) is 3.73. The van der Waals surface area contributed by atoms with E-state index in [-0.39, 0.29) is 0 Å². The van der Waals surface area contributed by atoms with Crippen LogP contribution in [0.1, 0.15) is 17.5 Å². The smallest absolute Gasteiger partial charge is 0.0562 e. The fraction of sp³-hybridized carbons (Fsp3) is 0.0400. The lowest BCUT2D eigenvalue weighted by molar-refractivity contribution is 0.986. The quantitative estimate of drug-likeness (QED) is 0.177. The lowest BCUT2D eigenvalue weighted by Crippen LogP contribution is -1.98. The van der Waals surface area contributed by atoms with Crippen molar-refractivity contribution in [2.75, 3.05) is 0 Å². The Hall–Kier alpha value is -6.64. The number of aryl methyl sites for hydroxylation is 1. The minimum absolute atomic E-state index is 1.10. The largest absolute Gasteiger partial charge is 0.309 e. The van der Waals surface area contributed by atoms with Gasteiger partial charge in [-0.25, -0.2) is 0 Å². The summed E-state index contributed by atoms with van der Waals surface area (Å²) in [5.41, 5.74) is 14.8. The molecule has 0 radical (unpaired) electrons. The molecule has 10 aromatic rings. The molecule has 2 aromatic heterocycles. The summed E-state index contributed by atoms with van der Waals surface area (Å²) in [6.45, 7) is 0. The first kappa shape index (κ1) is 29.1. The number of rotatable bonds is 4. The van der Waals surface area contributed by atoms with Gasteiger partial charge in [-0.05, 0) is 118 Å². The molecule has 0 N–H and O–H groups in total. The fourth-order valence-electron chi connectivity index (χ4n) is 8.70. The minimum atomic E-state index is 1.10. The van der Waals surface area contributed by atoms with Crippen molar-refractivity contribution >= 4 is 60.5 Å². The molecule has 11 rings (SSSR count). The number of aromatic nitrogens is 2. The van der Waals surface area contributed by atoms with E-state index in [2.05, 4.69) is 191 Å². The van der Waals surface area contributed by atoms with Gasteiger partial charge in [0.1, 0.15) is 0 Å². The molecule has 0 spiro atoms. The zero-order chi connectivity index (χ0) is 34.2. The lowest BCUT2D eigenvalue weighted by Gasteiger charge is -2.16. The Kier molecular flexibility index (Phi) is 6.41. The second-order valence-electron chi connectivity index (χ2n) is 14.1. The number of hydrogen-bond acceptors (Lipinski definition) is 0. The highest BCUT2D eigenvalue weighted by Gasteiger charge is 2.20. The number of fused-ring (bicyclic) bond motifs is 8. The van der Waals surface area contributed by atoms with E-state index < -0.39 is 0 Å². The monoisotopic (exact) mass is 662 g/mol. The summed E-state index contributed by atoms with van der Waals surface area (Å²) in [6.07, 6.45) is 6.80. The van der Waals surface area contributed by atoms with Crippen LogP contribution in [0, 0.1) is 0 Å². The molecule has 0 amide bonds. The second-order valence-corrected chi connectivity index (χ2v) is 14.1. The van der Waals surface area contributed by atoms with Crippen molar-refractivity contribution in [2.45, 2.75) is 12.8 Å². The molecular weight excluding hydrogens is 629 g/mol. The van der Waals surface area contributed by atoms with Crippen LogP contribution in [0.15, 0.2) is 176 Å². The van der Waals surface area contributed by atoms with E-state index in [1.807, 2.05) is 0 Å². The third-order valence-electron chi connectivity index (χ3n) is 11.1. The highest BCUT2D eigenvalue weighted by atomic mass is 15.0. The molecule has 0 fully saturated rings. The normalized spacial score (nSPS) is 12.8. The van der Waals surface area contributed by atoms with Crippen molar-refractivity contribution in [3.8, 4) is 33.6 Å². The Bertz CT molecular complexity index is 3020. The van der Waals surface area contributed by atoms with Gasteiger partial charge in [0.25, 0.3) is 0 Å². The fourth-order valence-corrected chi connectivity index (χ4v) is 8.70. The molecule has 1 aliphatic rings. The number of allylic oxidation sites excluding steroid dienone is 1. The maximum absolute atomic E-state index is 2.48. The molecule has 2 heteroatoms. The van der Waals surface area contributed by atoms with Gasteiger partial charge in [0.15, 0.2) is 0 Å². The number of para-hydroxylation sites is 3. The summed E-state index contributed by atoms with van der Waals surface area (Å²) < 4.78 is 4.94. The number of benzene rings is 8. The minimum Gasteiger partial charge on any atom is -0.309 e. The van der Waals surface area contributed by atoms with Crippen molar-refractivity contribution < 1.29 is 0 Å². The standard InChI is InChI=1S/C50H34N2/c1-3-14-35-28-37(26-24-33(35)12-1)39-30-40(38-27-25-34-13-2-4-15-36(34)29-38)32-41(31-39)51-47-21-10-7-18-44(47)50-48(51)22-11-23-49(50)52-45-19-8-5-16-42(45)43-17-6-9-20-46(43)52/h1,3-12,14-32H,2,13H2. The Morgan fingerprint density at radius 2 is 1.02 bits per heavy atom. The van der Waals surface area contributed by atoms with E-state index in [0.29, 0.717) is 0 Å². The van der Waals surface area contributed by atoms with Crippen LogP contribution in [-0.4, -0.2) is 9.13 Å². The summed E-state index contributed by atoms with van der Waals surface area (Å²) in [7, 11) is 0. The molecule has 244 valence electrons. The number of hydrogen-bond donors (Lipinski definition) is 0. The van der Waals surface area contributed by atoms with Crippen LogP contribution in [0.5, 0.6) is 0 Å². The topological polar surface area (TPSA) is 9.86 Å². The van der Waals surface area contributed by atoms with Crippen molar-refractivity contribution in [2.24, 2.45) is 0 Å². The zero-order valence-corrected chi connectivity index (χ0v) is 28.6. The summed E-state index contributed by atoms with van der Waals surface area (Å²) in [4.78, 5) is 0. The number of nitrogens with zero attached hydrogens (tertiary/aromatic N) is 2. The SMILES string of the molecule is C1=Cc2cc(-c3cc(-c4ccc5ccccc5c4)cc(-n4c5ccccc5c5c(-n6c7ccccc7c7ccccc76)cccc54)c3)ccc2CC1.